The molecule has 2 heteroatoms. The van der Waals surface area contributed by atoms with E-state index in [-0.39, 0.29) is 0 Å². The van der Waals surface area contributed by atoms with Crippen molar-refractivity contribution in [1.29, 1.82) is 0 Å². The molecule has 0 aromatic heterocycles. The van der Waals surface area contributed by atoms with Gasteiger partial charge in [-0.25, -0.2) is 0 Å². The topological polar surface area (TPSA) is 37.3 Å². The van der Waals surface area contributed by atoms with Crippen LogP contribution in [0.3, 0.4) is 0 Å². The monoisotopic (exact) mass is 310 g/mol. The number of rotatable bonds is 17. The third-order valence-corrected chi connectivity index (χ3v) is 4.16. The van der Waals surface area contributed by atoms with Gasteiger partial charge in [-0.05, 0) is 25.7 Å². The summed E-state index contributed by atoms with van der Waals surface area (Å²) in [5.41, 5.74) is 0. The highest BCUT2D eigenvalue weighted by Gasteiger charge is 1.97. The quantitative estimate of drug-likeness (QED) is 0.234. The van der Waals surface area contributed by atoms with E-state index < -0.39 is 5.97 Å². The van der Waals surface area contributed by atoms with Crippen LogP contribution in [0.4, 0.5) is 0 Å². The van der Waals surface area contributed by atoms with Crippen molar-refractivity contribution in [2.24, 2.45) is 0 Å². The molecule has 0 heterocycles. The van der Waals surface area contributed by atoms with Gasteiger partial charge in [0, 0.05) is 6.42 Å². The standard InChI is InChI=1S/C20H38O2/c1-2-3-4-5-6-7-8-9-10-11-12-13-14-15-16-17-18-19-20(21)22/h3-4H,2,5-19H2,1H3,(H,21,22)/b4-3-. The van der Waals surface area contributed by atoms with E-state index in [0.717, 1.165) is 12.8 Å². The van der Waals surface area contributed by atoms with E-state index in [4.69, 9.17) is 5.11 Å². The van der Waals surface area contributed by atoms with Crippen molar-refractivity contribution in [3.05, 3.63) is 12.2 Å². The third kappa shape index (κ3) is 19.2. The fourth-order valence-electron chi connectivity index (χ4n) is 2.77. The van der Waals surface area contributed by atoms with E-state index in [1.165, 1.54) is 83.5 Å². The van der Waals surface area contributed by atoms with Crippen LogP contribution in [-0.4, -0.2) is 11.1 Å². The predicted molar refractivity (Wildman–Crippen MR) is 96.3 cm³/mol. The van der Waals surface area contributed by atoms with Crippen LogP contribution < -0.4 is 0 Å². The summed E-state index contributed by atoms with van der Waals surface area (Å²) < 4.78 is 0. The van der Waals surface area contributed by atoms with Crippen molar-refractivity contribution >= 4 is 5.97 Å². The Hall–Kier alpha value is -0.790. The smallest absolute Gasteiger partial charge is 0.303 e. The summed E-state index contributed by atoms with van der Waals surface area (Å²) in [6.45, 7) is 2.19. The molecule has 0 fully saturated rings. The fraction of sp³-hybridized carbons (Fsp3) is 0.850. The number of hydrogen-bond acceptors (Lipinski definition) is 1. The van der Waals surface area contributed by atoms with Crippen LogP contribution in [0, 0.1) is 0 Å². The summed E-state index contributed by atoms with van der Waals surface area (Å²) in [7, 11) is 0. The molecule has 0 rings (SSSR count). The van der Waals surface area contributed by atoms with E-state index >= 15 is 0 Å². The molecule has 0 aliphatic heterocycles. The molecule has 0 bridgehead atoms. The second kappa shape index (κ2) is 18.3. The van der Waals surface area contributed by atoms with Gasteiger partial charge in [-0.3, -0.25) is 4.79 Å². The number of carboxylic acid groups (broad SMARTS) is 1. The lowest BCUT2D eigenvalue weighted by Crippen LogP contribution is -1.93. The Morgan fingerprint density at radius 1 is 0.682 bits per heavy atom. The molecule has 0 spiro atoms. The molecule has 0 aliphatic carbocycles. The average Bonchev–Trinajstić information content (AvgIpc) is 2.50. The minimum atomic E-state index is -0.655. The molecule has 0 atom stereocenters. The molecule has 0 saturated carbocycles. The maximum absolute atomic E-state index is 10.4. The number of carboxylic acids is 1. The summed E-state index contributed by atoms with van der Waals surface area (Å²) in [5.74, 6) is -0.655. The number of hydrogen-bond donors (Lipinski definition) is 1. The highest BCUT2D eigenvalue weighted by atomic mass is 16.4. The van der Waals surface area contributed by atoms with Gasteiger partial charge < -0.3 is 5.11 Å². The molecule has 22 heavy (non-hydrogen) atoms. The molecule has 0 amide bonds. The molecule has 0 saturated heterocycles. The molecule has 0 radical (unpaired) electrons. The van der Waals surface area contributed by atoms with Crippen molar-refractivity contribution < 1.29 is 9.90 Å². The van der Waals surface area contributed by atoms with E-state index in [1.54, 1.807) is 0 Å². The van der Waals surface area contributed by atoms with Gasteiger partial charge in [-0.15, -0.1) is 0 Å². The van der Waals surface area contributed by atoms with E-state index in [1.807, 2.05) is 0 Å². The number of unbranched alkanes of at least 4 members (excludes halogenated alkanes) is 13. The highest BCUT2D eigenvalue weighted by molar-refractivity contribution is 5.66. The molecule has 0 aromatic rings. The fourth-order valence-corrected chi connectivity index (χ4v) is 2.77. The zero-order chi connectivity index (χ0) is 16.3. The number of aliphatic carboxylic acids is 1. The van der Waals surface area contributed by atoms with Crippen molar-refractivity contribution in [1.82, 2.24) is 0 Å². The zero-order valence-electron chi connectivity index (χ0n) is 14.8. The summed E-state index contributed by atoms with van der Waals surface area (Å²) in [6.07, 6.45) is 24.2. The Morgan fingerprint density at radius 2 is 1.09 bits per heavy atom. The van der Waals surface area contributed by atoms with E-state index in [2.05, 4.69) is 19.1 Å². The Kier molecular flexibility index (Phi) is 17.6. The van der Waals surface area contributed by atoms with Gasteiger partial charge in [0.15, 0.2) is 0 Å². The molecule has 0 aliphatic rings. The van der Waals surface area contributed by atoms with Crippen LogP contribution >= 0.6 is 0 Å². The van der Waals surface area contributed by atoms with Gasteiger partial charge in [0.2, 0.25) is 0 Å². The largest absolute Gasteiger partial charge is 0.481 e. The first-order valence-electron chi connectivity index (χ1n) is 9.64. The van der Waals surface area contributed by atoms with Gasteiger partial charge in [-0.2, -0.15) is 0 Å². The summed E-state index contributed by atoms with van der Waals surface area (Å²) in [5, 5.41) is 8.54. The average molecular weight is 311 g/mol. The summed E-state index contributed by atoms with van der Waals surface area (Å²) >= 11 is 0. The van der Waals surface area contributed by atoms with Crippen LogP contribution in [0.5, 0.6) is 0 Å². The Bertz CT molecular complexity index is 258. The SMILES string of the molecule is CC/C=C\CCCCCCCCCCCCCCCC(=O)O. The van der Waals surface area contributed by atoms with Gasteiger partial charge in [-0.1, -0.05) is 89.7 Å². The first kappa shape index (κ1) is 21.2. The first-order chi connectivity index (χ1) is 10.8. The van der Waals surface area contributed by atoms with E-state index in [0.29, 0.717) is 6.42 Å². The number of carbonyl (C=O) groups is 1. The number of allylic oxidation sites excluding steroid dienone is 2. The lowest BCUT2D eigenvalue weighted by molar-refractivity contribution is -0.137. The lowest BCUT2D eigenvalue weighted by atomic mass is 10.0. The molecular formula is C20H38O2. The minimum Gasteiger partial charge on any atom is -0.481 e. The van der Waals surface area contributed by atoms with Crippen LogP contribution in [-0.2, 0) is 4.79 Å². The lowest BCUT2D eigenvalue weighted by Gasteiger charge is -2.02. The van der Waals surface area contributed by atoms with Crippen LogP contribution in [0.25, 0.3) is 0 Å². The third-order valence-electron chi connectivity index (χ3n) is 4.16. The molecular weight excluding hydrogens is 272 g/mol. The van der Waals surface area contributed by atoms with E-state index in [9.17, 15) is 4.79 Å². The van der Waals surface area contributed by atoms with Gasteiger partial charge in [0.1, 0.15) is 0 Å². The van der Waals surface area contributed by atoms with Gasteiger partial charge in [0.25, 0.3) is 0 Å². The van der Waals surface area contributed by atoms with Crippen LogP contribution in [0.1, 0.15) is 110 Å². The second-order valence-electron chi connectivity index (χ2n) is 6.41. The maximum Gasteiger partial charge on any atom is 0.303 e. The van der Waals surface area contributed by atoms with Crippen LogP contribution in [0.15, 0.2) is 12.2 Å². The minimum absolute atomic E-state index is 0.342. The Balaban J connectivity index is 2.99. The second-order valence-corrected chi connectivity index (χ2v) is 6.41. The Labute approximate surface area is 138 Å². The van der Waals surface area contributed by atoms with Crippen molar-refractivity contribution in [2.75, 3.05) is 0 Å². The summed E-state index contributed by atoms with van der Waals surface area (Å²) in [4.78, 5) is 10.4. The molecule has 0 unspecified atom stereocenters. The van der Waals surface area contributed by atoms with Crippen molar-refractivity contribution in [2.45, 2.75) is 110 Å². The van der Waals surface area contributed by atoms with Crippen molar-refractivity contribution in [3.8, 4) is 0 Å². The first-order valence-corrected chi connectivity index (χ1v) is 9.64. The maximum atomic E-state index is 10.4. The van der Waals surface area contributed by atoms with Crippen LogP contribution in [0.2, 0.25) is 0 Å². The molecule has 1 N–H and O–H groups in total. The zero-order valence-corrected chi connectivity index (χ0v) is 14.8. The van der Waals surface area contributed by atoms with Gasteiger partial charge >= 0.3 is 5.97 Å². The molecule has 0 aromatic carbocycles. The molecule has 2 nitrogen and oxygen atoms in total. The van der Waals surface area contributed by atoms with Crippen molar-refractivity contribution in [3.63, 3.8) is 0 Å². The van der Waals surface area contributed by atoms with Gasteiger partial charge in [0.05, 0.1) is 0 Å². The highest BCUT2D eigenvalue weighted by Crippen LogP contribution is 2.13. The Morgan fingerprint density at radius 3 is 1.50 bits per heavy atom. The summed E-state index contributed by atoms with van der Waals surface area (Å²) in [6, 6.07) is 0. The molecule has 130 valence electrons. The normalized spacial score (nSPS) is 11.3. The predicted octanol–water partition coefficient (Wildman–Crippen LogP) is 6.89.